The fourth-order valence-electron chi connectivity index (χ4n) is 2.19. The Bertz CT molecular complexity index is 557. The van der Waals surface area contributed by atoms with Crippen molar-refractivity contribution in [3.05, 3.63) is 0 Å². The standard InChI is InChI=1S/C20H44N8.C2H4O2/c1-14(2)22-19(23-15(3)4)26-18(21-12-11-13-28(9)10)27-20(24-16(5)6)25-17(7)8;1-2(3)4/h14-17H,11-13H2,1-10H3,(H4,21,22,23,24,25,26,27);1H3,(H,3,4). The lowest BCUT2D eigenvalue weighted by Crippen LogP contribution is -2.54. The number of aliphatic carboxylic acids is 1. The summed E-state index contributed by atoms with van der Waals surface area (Å²) in [5, 5.41) is 20.8. The van der Waals surface area contributed by atoms with E-state index in [2.05, 4.69) is 106 Å². The summed E-state index contributed by atoms with van der Waals surface area (Å²) in [7, 11) is 4.14. The maximum absolute atomic E-state index is 9.00. The summed E-state index contributed by atoms with van der Waals surface area (Å²) in [4.78, 5) is 25.2. The van der Waals surface area contributed by atoms with Crippen LogP contribution in [-0.2, 0) is 4.79 Å². The van der Waals surface area contributed by atoms with E-state index in [9.17, 15) is 0 Å². The van der Waals surface area contributed by atoms with Crippen molar-refractivity contribution in [3.8, 4) is 0 Å². The summed E-state index contributed by atoms with van der Waals surface area (Å²) in [6.45, 7) is 19.3. The van der Waals surface area contributed by atoms with Crippen LogP contribution in [0.15, 0.2) is 15.0 Å². The molecule has 0 fully saturated rings. The summed E-state index contributed by atoms with van der Waals surface area (Å²) in [5.74, 6) is 1.22. The maximum atomic E-state index is 9.00. The minimum Gasteiger partial charge on any atom is -0.481 e. The van der Waals surface area contributed by atoms with Gasteiger partial charge in [-0.2, -0.15) is 0 Å². The largest absolute Gasteiger partial charge is 0.481 e. The second kappa shape index (κ2) is 18.2. The molecule has 0 aromatic rings. The third kappa shape index (κ3) is 23.9. The van der Waals surface area contributed by atoms with E-state index >= 15 is 0 Å². The molecule has 0 aromatic heterocycles. The molecule has 0 amide bonds. The first kappa shape index (κ1) is 31.8. The first-order valence-electron chi connectivity index (χ1n) is 11.3. The van der Waals surface area contributed by atoms with E-state index in [1.54, 1.807) is 0 Å². The van der Waals surface area contributed by atoms with Gasteiger partial charge in [0.15, 0.2) is 11.9 Å². The van der Waals surface area contributed by atoms with Crippen molar-refractivity contribution in [1.29, 1.82) is 0 Å². The molecule has 0 aliphatic carbocycles. The Hall–Kier alpha value is -2.36. The third-order valence-corrected chi connectivity index (χ3v) is 3.13. The van der Waals surface area contributed by atoms with Crippen LogP contribution in [0.25, 0.3) is 0 Å². The molecule has 0 rings (SSSR count). The highest BCUT2D eigenvalue weighted by Gasteiger charge is 2.11. The normalized spacial score (nSPS) is 12.1. The average Bonchev–Trinajstić information content (AvgIpc) is 2.55. The summed E-state index contributed by atoms with van der Waals surface area (Å²) < 4.78 is 0. The van der Waals surface area contributed by atoms with Gasteiger partial charge < -0.3 is 20.6 Å². The molecule has 0 spiro atoms. The van der Waals surface area contributed by atoms with Crippen LogP contribution in [-0.4, -0.2) is 85.2 Å². The summed E-state index contributed by atoms with van der Waals surface area (Å²) >= 11 is 0. The number of nitrogens with zero attached hydrogens (tertiary/aromatic N) is 4. The Kier molecular flexibility index (Phi) is 18.1. The minimum atomic E-state index is -0.833. The van der Waals surface area contributed by atoms with Crippen molar-refractivity contribution in [2.45, 2.75) is 92.9 Å². The molecule has 10 heteroatoms. The van der Waals surface area contributed by atoms with Crippen molar-refractivity contribution in [2.24, 2.45) is 15.0 Å². The van der Waals surface area contributed by atoms with Gasteiger partial charge in [0.05, 0.1) is 0 Å². The van der Waals surface area contributed by atoms with Gasteiger partial charge in [-0.3, -0.25) is 30.4 Å². The van der Waals surface area contributed by atoms with Gasteiger partial charge in [-0.15, -0.1) is 0 Å². The molecule has 32 heavy (non-hydrogen) atoms. The number of aliphatic imine (C=N–C) groups is 3. The highest BCUT2D eigenvalue weighted by Crippen LogP contribution is 1.91. The molecule has 0 bridgehead atoms. The first-order chi connectivity index (χ1) is 14.7. The first-order valence-corrected chi connectivity index (χ1v) is 11.3. The Morgan fingerprint density at radius 3 is 1.47 bits per heavy atom. The van der Waals surface area contributed by atoms with Crippen LogP contribution in [0.1, 0.15) is 68.7 Å². The van der Waals surface area contributed by atoms with Crippen molar-refractivity contribution in [2.75, 3.05) is 27.2 Å². The number of carbonyl (C=O) groups is 1. The number of carboxylic acids is 1. The highest BCUT2D eigenvalue weighted by molar-refractivity contribution is 6.06. The lowest BCUT2D eigenvalue weighted by atomic mass is 10.4. The molecule has 188 valence electrons. The molecule has 5 N–H and O–H groups in total. The molecule has 0 heterocycles. The molecule has 0 saturated carbocycles. The molecule has 0 radical (unpaired) electrons. The maximum Gasteiger partial charge on any atom is 0.300 e. The van der Waals surface area contributed by atoms with Crippen LogP contribution in [0.4, 0.5) is 0 Å². The molecule has 0 unspecified atom stereocenters. The smallest absolute Gasteiger partial charge is 0.300 e. The Morgan fingerprint density at radius 2 is 1.19 bits per heavy atom. The number of nitrogens with one attached hydrogen (secondary N) is 4. The van der Waals surface area contributed by atoms with Crippen molar-refractivity contribution in [3.63, 3.8) is 0 Å². The van der Waals surface area contributed by atoms with E-state index < -0.39 is 5.97 Å². The predicted octanol–water partition coefficient (Wildman–Crippen LogP) is 2.09. The fourth-order valence-corrected chi connectivity index (χ4v) is 2.19. The monoisotopic (exact) mass is 456 g/mol. The van der Waals surface area contributed by atoms with Gasteiger partial charge in [0.25, 0.3) is 5.97 Å². The van der Waals surface area contributed by atoms with Gasteiger partial charge in [0.1, 0.15) is 0 Å². The molecule has 0 aromatic carbocycles. The zero-order valence-corrected chi connectivity index (χ0v) is 22.1. The molecule has 0 saturated heterocycles. The van der Waals surface area contributed by atoms with Gasteiger partial charge in [-0.05, 0) is 82.5 Å². The van der Waals surface area contributed by atoms with E-state index in [1.807, 2.05) is 0 Å². The van der Waals surface area contributed by atoms with Gasteiger partial charge in [-0.25, -0.2) is 0 Å². The SMILES string of the molecule is CC(=O)O.CC(C)N=C(NC(=NCCCN(C)C)NC(=NC(C)C)NC(C)C)NC(C)C. The zero-order valence-electron chi connectivity index (χ0n) is 22.1. The molecule has 0 aliphatic heterocycles. The summed E-state index contributed by atoms with van der Waals surface area (Å²) in [6, 6.07) is 0.859. The van der Waals surface area contributed by atoms with Crippen molar-refractivity contribution < 1.29 is 9.90 Å². The van der Waals surface area contributed by atoms with Crippen LogP contribution in [0, 0.1) is 0 Å². The molecule has 10 nitrogen and oxygen atoms in total. The van der Waals surface area contributed by atoms with Gasteiger partial charge in [-0.1, -0.05) is 0 Å². The predicted molar refractivity (Wildman–Crippen MR) is 137 cm³/mol. The molecular formula is C22H48N8O2. The average molecular weight is 457 g/mol. The van der Waals surface area contributed by atoms with E-state index in [0.717, 1.165) is 19.9 Å². The topological polar surface area (TPSA) is 126 Å². The fraction of sp³-hybridized carbons (Fsp3) is 0.818. The lowest BCUT2D eigenvalue weighted by Gasteiger charge is -2.21. The van der Waals surface area contributed by atoms with Crippen LogP contribution < -0.4 is 21.3 Å². The van der Waals surface area contributed by atoms with Crippen molar-refractivity contribution in [1.82, 2.24) is 26.2 Å². The van der Waals surface area contributed by atoms with E-state index in [4.69, 9.17) is 14.9 Å². The van der Waals surface area contributed by atoms with Gasteiger partial charge in [0, 0.05) is 37.6 Å². The lowest BCUT2D eigenvalue weighted by molar-refractivity contribution is -0.134. The van der Waals surface area contributed by atoms with Crippen LogP contribution in [0.3, 0.4) is 0 Å². The second-order valence-electron chi connectivity index (χ2n) is 8.90. The van der Waals surface area contributed by atoms with E-state index in [-0.39, 0.29) is 24.2 Å². The summed E-state index contributed by atoms with van der Waals surface area (Å²) in [6.07, 6.45) is 0.975. The molecule has 0 aliphatic rings. The number of rotatable bonds is 8. The Labute approximate surface area is 195 Å². The van der Waals surface area contributed by atoms with Crippen molar-refractivity contribution >= 4 is 23.8 Å². The van der Waals surface area contributed by atoms with Crippen LogP contribution in [0.5, 0.6) is 0 Å². The van der Waals surface area contributed by atoms with Crippen LogP contribution >= 0.6 is 0 Å². The van der Waals surface area contributed by atoms with Gasteiger partial charge >= 0.3 is 0 Å². The van der Waals surface area contributed by atoms with Crippen LogP contribution in [0.2, 0.25) is 0 Å². The number of hydrogen-bond donors (Lipinski definition) is 5. The van der Waals surface area contributed by atoms with E-state index in [0.29, 0.717) is 24.4 Å². The summed E-state index contributed by atoms with van der Waals surface area (Å²) in [5.41, 5.74) is 0. The minimum absolute atomic E-state index is 0.168. The zero-order chi connectivity index (χ0) is 25.3. The second-order valence-corrected chi connectivity index (χ2v) is 8.90. The third-order valence-electron chi connectivity index (χ3n) is 3.13. The Morgan fingerprint density at radius 1 is 0.812 bits per heavy atom. The number of hydrogen-bond acceptors (Lipinski definition) is 5. The quantitative estimate of drug-likeness (QED) is 0.215. The van der Waals surface area contributed by atoms with Gasteiger partial charge in [0.2, 0.25) is 5.96 Å². The molecular weight excluding hydrogens is 408 g/mol. The van der Waals surface area contributed by atoms with E-state index in [1.165, 1.54) is 0 Å². The molecule has 0 atom stereocenters. The number of guanidine groups is 3. The number of carboxylic acid groups (broad SMARTS) is 1. The Balaban J connectivity index is 0. The highest BCUT2D eigenvalue weighted by atomic mass is 16.4.